The Labute approximate surface area is 95.4 Å². The van der Waals surface area contributed by atoms with Gasteiger partial charge in [0.2, 0.25) is 0 Å². The molecule has 2 atom stereocenters. The van der Waals surface area contributed by atoms with E-state index in [4.69, 9.17) is 22.1 Å². The normalized spacial score (nSPS) is 25.5. The lowest BCUT2D eigenvalue weighted by Gasteiger charge is -2.18. The van der Waals surface area contributed by atoms with Gasteiger partial charge in [0.1, 0.15) is 11.9 Å². The zero-order valence-corrected chi connectivity index (χ0v) is 9.63. The van der Waals surface area contributed by atoms with Gasteiger partial charge in [-0.2, -0.15) is 0 Å². The number of hydrogen-bond donors (Lipinski definition) is 1. The van der Waals surface area contributed by atoms with Gasteiger partial charge >= 0.3 is 0 Å². The topological polar surface area (TPSA) is 35.2 Å². The van der Waals surface area contributed by atoms with Crippen LogP contribution in [0.3, 0.4) is 0 Å². The average molecular weight is 226 g/mol. The van der Waals surface area contributed by atoms with Crippen LogP contribution in [-0.4, -0.2) is 12.1 Å². The average Bonchev–Trinajstić information content (AvgIpc) is 2.59. The molecule has 2 rings (SSSR count). The molecule has 0 spiro atoms. The van der Waals surface area contributed by atoms with Crippen molar-refractivity contribution in [2.24, 2.45) is 5.73 Å². The first kappa shape index (κ1) is 10.8. The summed E-state index contributed by atoms with van der Waals surface area (Å²) in [5.74, 6) is 0.874. The minimum absolute atomic E-state index is 0.172. The van der Waals surface area contributed by atoms with Crippen molar-refractivity contribution < 1.29 is 4.74 Å². The fraction of sp³-hybridized carbons (Fsp3) is 0.500. The second-order valence-electron chi connectivity index (χ2n) is 4.16. The maximum Gasteiger partial charge on any atom is 0.120 e. The molecule has 2 unspecified atom stereocenters. The zero-order chi connectivity index (χ0) is 10.8. The lowest BCUT2D eigenvalue weighted by Crippen LogP contribution is -2.33. The Kier molecular flexibility index (Phi) is 3.17. The van der Waals surface area contributed by atoms with Gasteiger partial charge in [-0.3, -0.25) is 0 Å². The first-order chi connectivity index (χ1) is 7.16. The Morgan fingerprint density at radius 1 is 1.40 bits per heavy atom. The summed E-state index contributed by atoms with van der Waals surface area (Å²) >= 11 is 5.95. The van der Waals surface area contributed by atoms with Crippen LogP contribution in [0.5, 0.6) is 5.75 Å². The molecule has 0 saturated heterocycles. The Morgan fingerprint density at radius 2 is 2.20 bits per heavy atom. The monoisotopic (exact) mass is 225 g/mol. The summed E-state index contributed by atoms with van der Waals surface area (Å²) in [5, 5.41) is 0.776. The second kappa shape index (κ2) is 4.42. The zero-order valence-electron chi connectivity index (χ0n) is 8.87. The maximum atomic E-state index is 5.95. The molecule has 1 aliphatic rings. The van der Waals surface area contributed by atoms with E-state index in [0.717, 1.165) is 29.2 Å². The summed E-state index contributed by atoms with van der Waals surface area (Å²) in [5.41, 5.74) is 6.99. The fourth-order valence-corrected chi connectivity index (χ4v) is 2.08. The van der Waals surface area contributed by atoms with E-state index in [-0.39, 0.29) is 12.1 Å². The van der Waals surface area contributed by atoms with Gasteiger partial charge in [-0.25, -0.2) is 0 Å². The predicted molar refractivity (Wildman–Crippen MR) is 62.4 cm³/mol. The summed E-state index contributed by atoms with van der Waals surface area (Å²) in [6.07, 6.45) is 3.46. The Balaban J connectivity index is 2.07. The fourth-order valence-electron chi connectivity index (χ4n) is 1.97. The second-order valence-corrected chi connectivity index (χ2v) is 4.57. The van der Waals surface area contributed by atoms with Gasteiger partial charge in [-0.1, -0.05) is 11.6 Å². The van der Waals surface area contributed by atoms with E-state index >= 15 is 0 Å². The van der Waals surface area contributed by atoms with Crippen molar-refractivity contribution in [2.75, 3.05) is 0 Å². The molecule has 1 aliphatic carbocycles. The summed E-state index contributed by atoms with van der Waals surface area (Å²) in [6, 6.07) is 5.92. The molecule has 0 aliphatic heterocycles. The lowest BCUT2D eigenvalue weighted by molar-refractivity contribution is 0.191. The molecule has 1 aromatic rings. The number of nitrogens with two attached hydrogens (primary N) is 1. The van der Waals surface area contributed by atoms with Crippen LogP contribution < -0.4 is 10.5 Å². The molecule has 2 N–H and O–H groups in total. The summed E-state index contributed by atoms with van der Waals surface area (Å²) in [6.45, 7) is 1.98. The molecular formula is C12H16ClNO. The van der Waals surface area contributed by atoms with Crippen molar-refractivity contribution in [2.45, 2.75) is 38.3 Å². The number of ether oxygens (including phenoxy) is 1. The van der Waals surface area contributed by atoms with Crippen LogP contribution in [0.25, 0.3) is 0 Å². The highest BCUT2D eigenvalue weighted by Gasteiger charge is 2.25. The molecule has 15 heavy (non-hydrogen) atoms. The largest absolute Gasteiger partial charge is 0.489 e. The van der Waals surface area contributed by atoms with Crippen LogP contribution in [0.4, 0.5) is 0 Å². The first-order valence-electron chi connectivity index (χ1n) is 5.35. The van der Waals surface area contributed by atoms with Crippen molar-refractivity contribution in [1.82, 2.24) is 0 Å². The molecule has 2 nitrogen and oxygen atoms in total. The highest BCUT2D eigenvalue weighted by atomic mass is 35.5. The van der Waals surface area contributed by atoms with Crippen molar-refractivity contribution in [1.29, 1.82) is 0 Å². The minimum atomic E-state index is 0.172. The van der Waals surface area contributed by atoms with Crippen LogP contribution in [0, 0.1) is 6.92 Å². The van der Waals surface area contributed by atoms with Crippen molar-refractivity contribution >= 4 is 11.6 Å². The van der Waals surface area contributed by atoms with E-state index < -0.39 is 0 Å². The first-order valence-corrected chi connectivity index (χ1v) is 5.73. The van der Waals surface area contributed by atoms with E-state index in [0.29, 0.717) is 0 Å². The maximum absolute atomic E-state index is 5.95. The molecule has 1 fully saturated rings. The van der Waals surface area contributed by atoms with E-state index in [1.165, 1.54) is 6.42 Å². The standard InChI is InChI=1S/C12H16ClNO/c1-8-7-9(5-6-10(8)13)15-12-4-2-3-11(12)14/h5-7,11-12H,2-4,14H2,1H3. The van der Waals surface area contributed by atoms with Crippen LogP contribution >= 0.6 is 11.6 Å². The van der Waals surface area contributed by atoms with Crippen LogP contribution in [-0.2, 0) is 0 Å². The van der Waals surface area contributed by atoms with Gasteiger partial charge in [0, 0.05) is 11.1 Å². The Morgan fingerprint density at radius 3 is 2.80 bits per heavy atom. The van der Waals surface area contributed by atoms with Crippen LogP contribution in [0.15, 0.2) is 18.2 Å². The lowest BCUT2D eigenvalue weighted by atomic mass is 10.2. The van der Waals surface area contributed by atoms with Gasteiger partial charge in [-0.05, 0) is 49.9 Å². The summed E-state index contributed by atoms with van der Waals surface area (Å²) in [4.78, 5) is 0. The molecular weight excluding hydrogens is 210 g/mol. The van der Waals surface area contributed by atoms with E-state index in [9.17, 15) is 0 Å². The molecule has 82 valence electrons. The summed E-state index contributed by atoms with van der Waals surface area (Å²) in [7, 11) is 0. The van der Waals surface area contributed by atoms with Crippen molar-refractivity contribution in [3.05, 3.63) is 28.8 Å². The van der Waals surface area contributed by atoms with Crippen LogP contribution in [0.1, 0.15) is 24.8 Å². The van der Waals surface area contributed by atoms with Gasteiger partial charge in [0.15, 0.2) is 0 Å². The third-order valence-electron chi connectivity index (χ3n) is 2.92. The van der Waals surface area contributed by atoms with Crippen LogP contribution in [0.2, 0.25) is 5.02 Å². The highest BCUT2D eigenvalue weighted by molar-refractivity contribution is 6.31. The number of benzene rings is 1. The molecule has 0 radical (unpaired) electrons. The molecule has 0 bridgehead atoms. The number of halogens is 1. The van der Waals surface area contributed by atoms with Gasteiger partial charge in [0.05, 0.1) is 0 Å². The SMILES string of the molecule is Cc1cc(OC2CCCC2N)ccc1Cl. The van der Waals surface area contributed by atoms with Gasteiger partial charge in [0.25, 0.3) is 0 Å². The smallest absolute Gasteiger partial charge is 0.120 e. The molecule has 0 amide bonds. The minimum Gasteiger partial charge on any atom is -0.489 e. The van der Waals surface area contributed by atoms with Gasteiger partial charge < -0.3 is 10.5 Å². The van der Waals surface area contributed by atoms with E-state index in [1.54, 1.807) is 0 Å². The molecule has 0 aromatic heterocycles. The van der Waals surface area contributed by atoms with E-state index in [2.05, 4.69) is 0 Å². The Hall–Kier alpha value is -0.730. The molecule has 3 heteroatoms. The molecule has 0 heterocycles. The van der Waals surface area contributed by atoms with Gasteiger partial charge in [-0.15, -0.1) is 0 Å². The molecule has 1 aromatic carbocycles. The van der Waals surface area contributed by atoms with Crippen molar-refractivity contribution in [3.63, 3.8) is 0 Å². The third kappa shape index (κ3) is 2.44. The molecule has 1 saturated carbocycles. The highest BCUT2D eigenvalue weighted by Crippen LogP contribution is 2.26. The van der Waals surface area contributed by atoms with Crippen molar-refractivity contribution in [3.8, 4) is 5.75 Å². The number of aryl methyl sites for hydroxylation is 1. The predicted octanol–water partition coefficient (Wildman–Crippen LogP) is 2.91. The van der Waals surface area contributed by atoms with E-state index in [1.807, 2.05) is 25.1 Å². The summed E-state index contributed by atoms with van der Waals surface area (Å²) < 4.78 is 5.84. The quantitative estimate of drug-likeness (QED) is 0.840. The Bertz CT molecular complexity index is 353. The number of rotatable bonds is 2. The number of hydrogen-bond acceptors (Lipinski definition) is 2. The third-order valence-corrected chi connectivity index (χ3v) is 3.34.